The van der Waals surface area contributed by atoms with E-state index in [2.05, 4.69) is 11.4 Å². The van der Waals surface area contributed by atoms with E-state index in [9.17, 15) is 9.59 Å². The SMILES string of the molecule is COc1ccccc1CN1CC(C(=O)Nc2cc(C)cc(C)c2)CC1=O. The van der Waals surface area contributed by atoms with E-state index in [4.69, 9.17) is 4.74 Å². The lowest BCUT2D eigenvalue weighted by molar-refractivity contribution is -0.128. The number of nitrogens with one attached hydrogen (secondary N) is 1. The summed E-state index contributed by atoms with van der Waals surface area (Å²) in [5.41, 5.74) is 3.92. The normalized spacial score (nSPS) is 16.7. The minimum absolute atomic E-state index is 0.00326. The summed E-state index contributed by atoms with van der Waals surface area (Å²) in [4.78, 5) is 26.7. The van der Waals surface area contributed by atoms with Gasteiger partial charge in [0.05, 0.1) is 13.0 Å². The monoisotopic (exact) mass is 352 g/mol. The first-order chi connectivity index (χ1) is 12.5. The van der Waals surface area contributed by atoms with Crippen LogP contribution in [0.3, 0.4) is 0 Å². The summed E-state index contributed by atoms with van der Waals surface area (Å²) in [7, 11) is 1.62. The van der Waals surface area contributed by atoms with Crippen LogP contribution in [0.25, 0.3) is 0 Å². The van der Waals surface area contributed by atoms with Gasteiger partial charge in [0.15, 0.2) is 0 Å². The minimum atomic E-state index is -0.335. The Hall–Kier alpha value is -2.82. The molecular formula is C21H24N2O3. The maximum absolute atomic E-state index is 12.6. The molecule has 2 amide bonds. The van der Waals surface area contributed by atoms with E-state index in [1.54, 1.807) is 12.0 Å². The topological polar surface area (TPSA) is 58.6 Å². The van der Waals surface area contributed by atoms with Crippen molar-refractivity contribution in [1.29, 1.82) is 0 Å². The molecule has 136 valence electrons. The third kappa shape index (κ3) is 4.04. The van der Waals surface area contributed by atoms with E-state index in [0.717, 1.165) is 28.1 Å². The first-order valence-corrected chi connectivity index (χ1v) is 8.75. The number of methoxy groups -OCH3 is 1. The van der Waals surface area contributed by atoms with Gasteiger partial charge < -0.3 is 15.0 Å². The highest BCUT2D eigenvalue weighted by Crippen LogP contribution is 2.25. The molecule has 5 nitrogen and oxygen atoms in total. The molecule has 1 saturated heterocycles. The number of hydrogen-bond acceptors (Lipinski definition) is 3. The summed E-state index contributed by atoms with van der Waals surface area (Å²) in [5, 5.41) is 2.95. The number of aryl methyl sites for hydroxylation is 2. The van der Waals surface area contributed by atoms with Crippen molar-refractivity contribution < 1.29 is 14.3 Å². The van der Waals surface area contributed by atoms with Crippen molar-refractivity contribution in [3.63, 3.8) is 0 Å². The standard InChI is InChI=1S/C21H24N2O3/c1-14-8-15(2)10-18(9-14)22-21(25)17-11-20(24)23(13-17)12-16-6-4-5-7-19(16)26-3/h4-10,17H,11-13H2,1-3H3,(H,22,25). The van der Waals surface area contributed by atoms with Crippen LogP contribution in [0.5, 0.6) is 5.75 Å². The zero-order valence-electron chi connectivity index (χ0n) is 15.4. The lowest BCUT2D eigenvalue weighted by atomic mass is 10.1. The van der Waals surface area contributed by atoms with E-state index < -0.39 is 0 Å². The molecule has 1 atom stereocenters. The average molecular weight is 352 g/mol. The second kappa shape index (κ2) is 7.60. The van der Waals surface area contributed by atoms with E-state index in [-0.39, 0.29) is 24.2 Å². The molecule has 1 aliphatic rings. The third-order valence-electron chi connectivity index (χ3n) is 4.63. The number of hydrogen-bond donors (Lipinski definition) is 1. The molecule has 1 unspecified atom stereocenters. The lowest BCUT2D eigenvalue weighted by Crippen LogP contribution is -2.28. The van der Waals surface area contributed by atoms with Crippen LogP contribution >= 0.6 is 0 Å². The van der Waals surface area contributed by atoms with Crippen LogP contribution in [0.2, 0.25) is 0 Å². The number of ether oxygens (including phenoxy) is 1. The highest BCUT2D eigenvalue weighted by atomic mass is 16.5. The largest absolute Gasteiger partial charge is 0.496 e. The van der Waals surface area contributed by atoms with Gasteiger partial charge in [0.1, 0.15) is 5.75 Å². The highest BCUT2D eigenvalue weighted by molar-refractivity contribution is 5.97. The van der Waals surface area contributed by atoms with Crippen molar-refractivity contribution in [2.45, 2.75) is 26.8 Å². The Morgan fingerprint density at radius 2 is 1.88 bits per heavy atom. The second-order valence-electron chi connectivity index (χ2n) is 6.85. The molecule has 1 heterocycles. The van der Waals surface area contributed by atoms with Gasteiger partial charge in [-0.05, 0) is 43.2 Å². The number of likely N-dealkylation sites (tertiary alicyclic amines) is 1. The maximum atomic E-state index is 12.6. The molecule has 2 aromatic rings. The molecular weight excluding hydrogens is 328 g/mol. The summed E-state index contributed by atoms with van der Waals surface area (Å²) in [6.45, 7) is 4.87. The van der Waals surface area contributed by atoms with Gasteiger partial charge >= 0.3 is 0 Å². The average Bonchev–Trinajstić information content (AvgIpc) is 2.95. The molecule has 0 bridgehead atoms. The van der Waals surface area contributed by atoms with Crippen LogP contribution in [0.15, 0.2) is 42.5 Å². The number of carbonyl (C=O) groups is 2. The summed E-state index contributed by atoms with van der Waals surface area (Å²) in [6, 6.07) is 13.6. The van der Waals surface area contributed by atoms with E-state index >= 15 is 0 Å². The third-order valence-corrected chi connectivity index (χ3v) is 4.63. The first kappa shape index (κ1) is 18.0. The fraction of sp³-hybridized carbons (Fsp3) is 0.333. The van der Waals surface area contributed by atoms with Crippen LogP contribution in [0, 0.1) is 19.8 Å². The summed E-state index contributed by atoms with van der Waals surface area (Å²) in [5.74, 6) is 0.309. The molecule has 1 aliphatic heterocycles. The zero-order valence-corrected chi connectivity index (χ0v) is 15.4. The molecule has 0 radical (unpaired) electrons. The van der Waals surface area contributed by atoms with Crippen molar-refractivity contribution in [3.8, 4) is 5.75 Å². The molecule has 2 aromatic carbocycles. The van der Waals surface area contributed by atoms with E-state index in [0.29, 0.717) is 13.1 Å². The number of benzene rings is 2. The van der Waals surface area contributed by atoms with Gasteiger partial charge in [0.2, 0.25) is 11.8 Å². The van der Waals surface area contributed by atoms with Crippen molar-refractivity contribution in [1.82, 2.24) is 4.90 Å². The van der Waals surface area contributed by atoms with Gasteiger partial charge in [-0.15, -0.1) is 0 Å². The molecule has 1 N–H and O–H groups in total. The zero-order chi connectivity index (χ0) is 18.7. The fourth-order valence-electron chi connectivity index (χ4n) is 3.43. The van der Waals surface area contributed by atoms with Gasteiger partial charge in [-0.25, -0.2) is 0 Å². The Morgan fingerprint density at radius 3 is 2.58 bits per heavy atom. The van der Waals surface area contributed by atoms with E-state index in [1.165, 1.54) is 0 Å². The Kier molecular flexibility index (Phi) is 5.26. The second-order valence-corrected chi connectivity index (χ2v) is 6.85. The van der Waals surface area contributed by atoms with Crippen LogP contribution < -0.4 is 10.1 Å². The number of nitrogens with zero attached hydrogens (tertiary/aromatic N) is 1. The Balaban J connectivity index is 1.66. The van der Waals surface area contributed by atoms with Crippen LogP contribution in [-0.4, -0.2) is 30.4 Å². The van der Waals surface area contributed by atoms with Crippen molar-refractivity contribution >= 4 is 17.5 Å². The summed E-state index contributed by atoms with van der Waals surface area (Å²) < 4.78 is 5.35. The number of anilines is 1. The van der Waals surface area contributed by atoms with Crippen molar-refractivity contribution in [2.75, 3.05) is 19.0 Å². The van der Waals surface area contributed by atoms with E-state index in [1.807, 2.05) is 50.2 Å². The predicted molar refractivity (Wildman–Crippen MR) is 101 cm³/mol. The Morgan fingerprint density at radius 1 is 1.19 bits per heavy atom. The molecule has 0 aliphatic carbocycles. The first-order valence-electron chi connectivity index (χ1n) is 8.75. The van der Waals surface area contributed by atoms with Crippen molar-refractivity contribution in [2.24, 2.45) is 5.92 Å². The molecule has 1 fully saturated rings. The number of carbonyl (C=O) groups excluding carboxylic acids is 2. The number of para-hydroxylation sites is 1. The van der Waals surface area contributed by atoms with Crippen molar-refractivity contribution in [3.05, 3.63) is 59.2 Å². The Bertz CT molecular complexity index is 812. The summed E-state index contributed by atoms with van der Waals surface area (Å²) >= 11 is 0. The van der Waals surface area contributed by atoms with Crippen LogP contribution in [-0.2, 0) is 16.1 Å². The van der Waals surface area contributed by atoms with Crippen LogP contribution in [0.1, 0.15) is 23.1 Å². The van der Waals surface area contributed by atoms with Crippen LogP contribution in [0.4, 0.5) is 5.69 Å². The Labute approximate surface area is 154 Å². The summed E-state index contributed by atoms with van der Waals surface area (Å²) in [6.07, 6.45) is 0.242. The minimum Gasteiger partial charge on any atom is -0.496 e. The molecule has 3 rings (SSSR count). The quantitative estimate of drug-likeness (QED) is 0.898. The lowest BCUT2D eigenvalue weighted by Gasteiger charge is -2.18. The fourth-order valence-corrected chi connectivity index (χ4v) is 3.43. The predicted octanol–water partition coefficient (Wildman–Crippen LogP) is 3.30. The van der Waals surface area contributed by atoms with Gasteiger partial charge in [-0.3, -0.25) is 9.59 Å². The number of rotatable bonds is 5. The maximum Gasteiger partial charge on any atom is 0.229 e. The molecule has 0 spiro atoms. The van der Waals surface area contributed by atoms with Gasteiger partial charge in [0, 0.05) is 30.8 Å². The van der Waals surface area contributed by atoms with Gasteiger partial charge in [0.25, 0.3) is 0 Å². The molecule has 0 saturated carbocycles. The smallest absolute Gasteiger partial charge is 0.229 e. The molecule has 26 heavy (non-hydrogen) atoms. The van der Waals surface area contributed by atoms with Gasteiger partial charge in [-0.1, -0.05) is 24.3 Å². The number of amides is 2. The van der Waals surface area contributed by atoms with Gasteiger partial charge in [-0.2, -0.15) is 0 Å². The molecule has 0 aromatic heterocycles. The molecule has 5 heteroatoms. The highest BCUT2D eigenvalue weighted by Gasteiger charge is 2.34.